The molecule has 0 saturated carbocycles. The molecular formula is C16H17NO3. The molecular weight excluding hydrogens is 254 g/mol. The summed E-state index contributed by atoms with van der Waals surface area (Å²) in [6.45, 7) is 3.35. The van der Waals surface area contributed by atoms with Crippen molar-refractivity contribution in [3.63, 3.8) is 0 Å². The normalized spacial score (nSPS) is 12.1. The number of hydrogen-bond donors (Lipinski definition) is 1. The number of benzene rings is 2. The zero-order valence-corrected chi connectivity index (χ0v) is 11.6. The third kappa shape index (κ3) is 2.79. The first-order valence-electron chi connectivity index (χ1n) is 6.45. The number of rotatable bonds is 5. The molecule has 0 heterocycles. The molecule has 0 radical (unpaired) electrons. The van der Waals surface area contributed by atoms with Gasteiger partial charge in [0.1, 0.15) is 5.75 Å². The Kier molecular flexibility index (Phi) is 4.03. The second-order valence-electron chi connectivity index (χ2n) is 4.83. The van der Waals surface area contributed by atoms with Gasteiger partial charge < -0.3 is 10.5 Å². The minimum absolute atomic E-state index is 0.0718. The van der Waals surface area contributed by atoms with Gasteiger partial charge in [-0.05, 0) is 18.4 Å². The average Bonchev–Trinajstić information content (AvgIpc) is 2.43. The van der Waals surface area contributed by atoms with E-state index in [1.807, 2.05) is 30.3 Å². The Morgan fingerprint density at radius 3 is 2.55 bits per heavy atom. The van der Waals surface area contributed by atoms with Gasteiger partial charge in [-0.25, -0.2) is 0 Å². The zero-order chi connectivity index (χ0) is 14.7. The van der Waals surface area contributed by atoms with E-state index in [2.05, 4.69) is 0 Å². The molecule has 0 aliphatic carbocycles. The molecule has 1 unspecified atom stereocenters. The number of carbonyl (C=O) groups is 2. The summed E-state index contributed by atoms with van der Waals surface area (Å²) in [5.74, 6) is -0.385. The highest BCUT2D eigenvalue weighted by Crippen LogP contribution is 2.30. The summed E-state index contributed by atoms with van der Waals surface area (Å²) in [6, 6.07) is 11.3. The van der Waals surface area contributed by atoms with E-state index in [0.717, 1.165) is 10.8 Å². The molecule has 0 aliphatic rings. The maximum atomic E-state index is 11.7. The van der Waals surface area contributed by atoms with Crippen LogP contribution < -0.4 is 10.5 Å². The molecule has 0 aromatic heterocycles. The van der Waals surface area contributed by atoms with E-state index in [1.165, 1.54) is 6.92 Å². The third-order valence-electron chi connectivity index (χ3n) is 3.22. The summed E-state index contributed by atoms with van der Waals surface area (Å²) in [4.78, 5) is 22.8. The van der Waals surface area contributed by atoms with Gasteiger partial charge in [0.15, 0.2) is 5.78 Å². The molecule has 4 heteroatoms. The molecule has 2 rings (SSSR count). The number of primary amides is 1. The number of amides is 1. The van der Waals surface area contributed by atoms with Gasteiger partial charge in [-0.1, -0.05) is 37.3 Å². The highest BCUT2D eigenvalue weighted by molar-refractivity contribution is 6.03. The lowest BCUT2D eigenvalue weighted by Gasteiger charge is -2.15. The van der Waals surface area contributed by atoms with E-state index in [1.54, 1.807) is 13.0 Å². The lowest BCUT2D eigenvalue weighted by Crippen LogP contribution is -2.26. The number of carbonyl (C=O) groups excluding carboxylic acids is 2. The number of hydrogen-bond acceptors (Lipinski definition) is 3. The van der Waals surface area contributed by atoms with E-state index in [-0.39, 0.29) is 12.4 Å². The van der Waals surface area contributed by atoms with E-state index in [9.17, 15) is 9.59 Å². The predicted molar refractivity (Wildman–Crippen MR) is 77.8 cm³/mol. The molecule has 104 valence electrons. The molecule has 20 heavy (non-hydrogen) atoms. The number of Topliss-reactive ketones (excluding diaryl/α,β-unsaturated/α-hetero) is 1. The van der Waals surface area contributed by atoms with E-state index in [0.29, 0.717) is 11.3 Å². The summed E-state index contributed by atoms with van der Waals surface area (Å²) < 4.78 is 5.71. The fraction of sp³-hybridized carbons (Fsp3) is 0.250. The van der Waals surface area contributed by atoms with Crippen molar-refractivity contribution in [2.45, 2.75) is 13.8 Å². The van der Waals surface area contributed by atoms with Crippen LogP contribution in [-0.2, 0) is 4.79 Å². The van der Waals surface area contributed by atoms with Crippen LogP contribution in [0.3, 0.4) is 0 Å². The minimum atomic E-state index is -0.422. The minimum Gasteiger partial charge on any atom is -0.491 e. The van der Waals surface area contributed by atoms with Gasteiger partial charge in [0.2, 0.25) is 5.91 Å². The molecule has 0 spiro atoms. The van der Waals surface area contributed by atoms with Crippen LogP contribution in [0, 0.1) is 5.92 Å². The summed E-state index contributed by atoms with van der Waals surface area (Å²) in [6.07, 6.45) is 0. The Morgan fingerprint density at radius 2 is 1.90 bits per heavy atom. The second kappa shape index (κ2) is 5.74. The maximum absolute atomic E-state index is 11.7. The van der Waals surface area contributed by atoms with Gasteiger partial charge in [-0.3, -0.25) is 9.59 Å². The van der Waals surface area contributed by atoms with Crippen molar-refractivity contribution in [1.82, 2.24) is 0 Å². The number of ether oxygens (including phenoxy) is 1. The van der Waals surface area contributed by atoms with Crippen LogP contribution in [0.25, 0.3) is 10.8 Å². The van der Waals surface area contributed by atoms with Gasteiger partial charge in [0.05, 0.1) is 18.1 Å². The quantitative estimate of drug-likeness (QED) is 0.850. The first-order valence-corrected chi connectivity index (χ1v) is 6.45. The highest BCUT2D eigenvalue weighted by atomic mass is 16.5. The SMILES string of the molecule is CC(=O)c1ccc2ccccc2c1OCC(C)C(N)=O. The zero-order valence-electron chi connectivity index (χ0n) is 11.6. The predicted octanol–water partition coefficient (Wildman–Crippen LogP) is 2.54. The van der Waals surface area contributed by atoms with Gasteiger partial charge in [0.25, 0.3) is 0 Å². The van der Waals surface area contributed by atoms with Crippen LogP contribution in [-0.4, -0.2) is 18.3 Å². The Balaban J connectivity index is 2.44. The molecule has 0 bridgehead atoms. The van der Waals surface area contributed by atoms with Gasteiger partial charge in [-0.2, -0.15) is 0 Å². The molecule has 1 atom stereocenters. The summed E-state index contributed by atoms with van der Waals surface area (Å²) >= 11 is 0. The van der Waals surface area contributed by atoms with Crippen molar-refractivity contribution in [1.29, 1.82) is 0 Å². The molecule has 4 nitrogen and oxygen atoms in total. The number of ketones is 1. The largest absolute Gasteiger partial charge is 0.491 e. The summed E-state index contributed by atoms with van der Waals surface area (Å²) in [5, 5.41) is 1.84. The number of fused-ring (bicyclic) bond motifs is 1. The second-order valence-corrected chi connectivity index (χ2v) is 4.83. The Morgan fingerprint density at radius 1 is 1.20 bits per heavy atom. The van der Waals surface area contributed by atoms with Crippen molar-refractivity contribution in [2.75, 3.05) is 6.61 Å². The lowest BCUT2D eigenvalue weighted by molar-refractivity contribution is -0.122. The van der Waals surface area contributed by atoms with Crippen LogP contribution >= 0.6 is 0 Å². The van der Waals surface area contributed by atoms with Crippen molar-refractivity contribution < 1.29 is 14.3 Å². The van der Waals surface area contributed by atoms with Crippen molar-refractivity contribution in [2.24, 2.45) is 11.7 Å². The summed E-state index contributed by atoms with van der Waals surface area (Å²) in [5.41, 5.74) is 5.74. The van der Waals surface area contributed by atoms with Crippen LogP contribution in [0.4, 0.5) is 0 Å². The van der Waals surface area contributed by atoms with Crippen LogP contribution in [0.15, 0.2) is 36.4 Å². The van der Waals surface area contributed by atoms with Gasteiger partial charge in [-0.15, -0.1) is 0 Å². The van der Waals surface area contributed by atoms with Crippen molar-refractivity contribution >= 4 is 22.5 Å². The molecule has 0 fully saturated rings. The third-order valence-corrected chi connectivity index (χ3v) is 3.22. The molecule has 2 N–H and O–H groups in total. The highest BCUT2D eigenvalue weighted by Gasteiger charge is 2.15. The fourth-order valence-electron chi connectivity index (χ4n) is 1.97. The maximum Gasteiger partial charge on any atom is 0.223 e. The van der Waals surface area contributed by atoms with Crippen LogP contribution in [0.5, 0.6) is 5.75 Å². The molecule has 2 aromatic carbocycles. The van der Waals surface area contributed by atoms with Crippen LogP contribution in [0.2, 0.25) is 0 Å². The Hall–Kier alpha value is -2.36. The first-order chi connectivity index (χ1) is 9.50. The lowest BCUT2D eigenvalue weighted by atomic mass is 10.0. The topological polar surface area (TPSA) is 69.4 Å². The van der Waals surface area contributed by atoms with E-state index < -0.39 is 11.8 Å². The van der Waals surface area contributed by atoms with E-state index >= 15 is 0 Å². The monoisotopic (exact) mass is 271 g/mol. The molecule has 2 aromatic rings. The van der Waals surface area contributed by atoms with E-state index in [4.69, 9.17) is 10.5 Å². The average molecular weight is 271 g/mol. The smallest absolute Gasteiger partial charge is 0.223 e. The Labute approximate surface area is 117 Å². The van der Waals surface area contributed by atoms with Gasteiger partial charge >= 0.3 is 0 Å². The van der Waals surface area contributed by atoms with Gasteiger partial charge in [0, 0.05) is 5.39 Å². The number of nitrogens with two attached hydrogens (primary N) is 1. The fourth-order valence-corrected chi connectivity index (χ4v) is 1.97. The Bertz CT molecular complexity index is 664. The van der Waals surface area contributed by atoms with Crippen molar-refractivity contribution in [3.05, 3.63) is 42.0 Å². The van der Waals surface area contributed by atoms with Crippen LogP contribution in [0.1, 0.15) is 24.2 Å². The molecule has 1 amide bonds. The standard InChI is InChI=1S/C16H17NO3/c1-10(16(17)19)9-20-15-13(11(2)18)8-7-12-5-3-4-6-14(12)15/h3-8,10H,9H2,1-2H3,(H2,17,19). The molecule has 0 aliphatic heterocycles. The first kappa shape index (κ1) is 14.1. The molecule has 0 saturated heterocycles. The summed E-state index contributed by atoms with van der Waals surface area (Å²) in [7, 11) is 0. The van der Waals surface area contributed by atoms with Crippen molar-refractivity contribution in [3.8, 4) is 5.75 Å².